The Morgan fingerprint density at radius 1 is 1.00 bits per heavy atom. The maximum atomic E-state index is 12.4. The van der Waals surface area contributed by atoms with Gasteiger partial charge in [0.2, 0.25) is 5.78 Å². The zero-order valence-electron chi connectivity index (χ0n) is 12.3. The molecule has 0 saturated heterocycles. The summed E-state index contributed by atoms with van der Waals surface area (Å²) in [6.45, 7) is 1.47. The van der Waals surface area contributed by atoms with E-state index in [1.807, 2.05) is 30.3 Å². The third-order valence-electron chi connectivity index (χ3n) is 3.42. The first-order valence-corrected chi connectivity index (χ1v) is 7.02. The number of benzene rings is 2. The van der Waals surface area contributed by atoms with Gasteiger partial charge in [-0.3, -0.25) is 9.59 Å². The van der Waals surface area contributed by atoms with Crippen molar-refractivity contribution in [1.29, 1.82) is 0 Å². The molecule has 0 aliphatic rings. The van der Waals surface area contributed by atoms with E-state index in [0.29, 0.717) is 17.5 Å². The fourth-order valence-corrected chi connectivity index (χ4v) is 2.12. The second-order valence-electron chi connectivity index (χ2n) is 5.00. The van der Waals surface area contributed by atoms with Crippen molar-refractivity contribution in [3.05, 3.63) is 76.8 Å². The number of Topliss-reactive ketones (excluding diaryl/α,β-unsaturated/α-hetero) is 1. The van der Waals surface area contributed by atoms with Crippen molar-refractivity contribution in [3.63, 3.8) is 0 Å². The maximum Gasteiger partial charge on any atom is 0.331 e. The van der Waals surface area contributed by atoms with Gasteiger partial charge in [-0.25, -0.2) is 0 Å². The molecule has 0 bridgehead atoms. The quantitative estimate of drug-likeness (QED) is 0.355. The molecule has 0 spiro atoms. The Bertz CT molecular complexity index is 745. The number of nitrogens with zero attached hydrogens (tertiary/aromatic N) is 2. The van der Waals surface area contributed by atoms with Crippen LogP contribution in [0.4, 0.5) is 0 Å². The van der Waals surface area contributed by atoms with Crippen molar-refractivity contribution in [3.8, 4) is 0 Å². The standard InChI is InChI=1S/C18H16N2O2/c1-13(20-19)17(21)11-10-14-6-5-9-16(12-14)18(22)15-7-3-2-4-8-15/h2-9,12H,10-11H2,1H3. The highest BCUT2D eigenvalue weighted by molar-refractivity contribution is 6.36. The van der Waals surface area contributed by atoms with Crippen molar-refractivity contribution >= 4 is 17.3 Å². The molecule has 0 radical (unpaired) electrons. The van der Waals surface area contributed by atoms with Crippen LogP contribution in [-0.2, 0) is 11.2 Å². The van der Waals surface area contributed by atoms with Crippen LogP contribution in [0.15, 0.2) is 54.6 Å². The van der Waals surface area contributed by atoms with Crippen LogP contribution in [0.3, 0.4) is 0 Å². The lowest BCUT2D eigenvalue weighted by molar-refractivity contribution is -0.117. The van der Waals surface area contributed by atoms with Crippen molar-refractivity contribution < 1.29 is 14.4 Å². The number of aryl methyl sites for hydroxylation is 1. The van der Waals surface area contributed by atoms with Crippen LogP contribution in [0.2, 0.25) is 0 Å². The molecule has 2 aromatic rings. The average Bonchev–Trinajstić information content (AvgIpc) is 2.59. The summed E-state index contributed by atoms with van der Waals surface area (Å²) in [5.41, 5.74) is 10.8. The average molecular weight is 292 g/mol. The van der Waals surface area contributed by atoms with Gasteiger partial charge in [-0.1, -0.05) is 48.5 Å². The topological polar surface area (TPSA) is 70.5 Å². The van der Waals surface area contributed by atoms with Crippen molar-refractivity contribution in [2.75, 3.05) is 0 Å². The van der Waals surface area contributed by atoms with Crippen LogP contribution in [0.1, 0.15) is 34.8 Å². The Kier molecular flexibility index (Phi) is 5.12. The summed E-state index contributed by atoms with van der Waals surface area (Å²) in [7, 11) is 0. The molecule has 0 aliphatic heterocycles. The molecule has 0 aromatic heterocycles. The van der Waals surface area contributed by atoms with E-state index in [2.05, 4.69) is 4.79 Å². The number of carbonyl (C=O) groups excluding carboxylic acids is 2. The molecule has 0 atom stereocenters. The third-order valence-corrected chi connectivity index (χ3v) is 3.42. The van der Waals surface area contributed by atoms with E-state index in [9.17, 15) is 9.59 Å². The Hall–Kier alpha value is -2.84. The molecule has 2 rings (SSSR count). The van der Waals surface area contributed by atoms with E-state index < -0.39 is 0 Å². The SMILES string of the molecule is CC(=[N+]=[N-])C(=O)CCc1cccc(C(=O)c2ccccc2)c1. The molecular weight excluding hydrogens is 276 g/mol. The Morgan fingerprint density at radius 3 is 2.36 bits per heavy atom. The lowest BCUT2D eigenvalue weighted by Crippen LogP contribution is -2.12. The van der Waals surface area contributed by atoms with Gasteiger partial charge in [0, 0.05) is 24.5 Å². The second-order valence-corrected chi connectivity index (χ2v) is 5.00. The van der Waals surface area contributed by atoms with Gasteiger partial charge in [0.05, 0.1) is 0 Å². The van der Waals surface area contributed by atoms with Gasteiger partial charge in [0.25, 0.3) is 0 Å². The minimum atomic E-state index is -0.206. The minimum Gasteiger partial charge on any atom is -0.361 e. The molecule has 22 heavy (non-hydrogen) atoms. The normalized spacial score (nSPS) is 9.86. The fraction of sp³-hybridized carbons (Fsp3) is 0.167. The van der Waals surface area contributed by atoms with E-state index in [4.69, 9.17) is 5.53 Å². The van der Waals surface area contributed by atoms with Gasteiger partial charge in [0.15, 0.2) is 5.78 Å². The van der Waals surface area contributed by atoms with Crippen LogP contribution in [-0.4, -0.2) is 22.1 Å². The summed E-state index contributed by atoms with van der Waals surface area (Å²) in [5.74, 6) is -0.246. The molecule has 2 aromatic carbocycles. The molecule has 0 fully saturated rings. The molecule has 0 saturated carbocycles. The lowest BCUT2D eigenvalue weighted by Gasteiger charge is -2.04. The van der Waals surface area contributed by atoms with E-state index >= 15 is 0 Å². The number of hydrogen-bond acceptors (Lipinski definition) is 2. The molecule has 4 nitrogen and oxygen atoms in total. The van der Waals surface area contributed by atoms with Crippen LogP contribution in [0.5, 0.6) is 0 Å². The number of rotatable bonds is 6. The minimum absolute atomic E-state index is 0.0399. The molecule has 0 amide bonds. The maximum absolute atomic E-state index is 12.4. The van der Waals surface area contributed by atoms with Crippen molar-refractivity contribution in [2.45, 2.75) is 19.8 Å². The lowest BCUT2D eigenvalue weighted by atomic mass is 9.99. The molecular formula is C18H16N2O2. The van der Waals surface area contributed by atoms with Gasteiger partial charge in [-0.05, 0) is 18.1 Å². The largest absolute Gasteiger partial charge is 0.361 e. The molecule has 0 N–H and O–H groups in total. The summed E-state index contributed by atoms with van der Waals surface area (Å²) in [4.78, 5) is 26.9. The second kappa shape index (κ2) is 7.25. The number of hydrogen-bond donors (Lipinski definition) is 0. The Balaban J connectivity index is 2.12. The smallest absolute Gasteiger partial charge is 0.331 e. The zero-order chi connectivity index (χ0) is 15.9. The number of ketones is 2. The van der Waals surface area contributed by atoms with E-state index in [1.165, 1.54) is 6.92 Å². The molecule has 110 valence electrons. The van der Waals surface area contributed by atoms with Gasteiger partial charge in [0.1, 0.15) is 0 Å². The zero-order valence-corrected chi connectivity index (χ0v) is 12.3. The highest BCUT2D eigenvalue weighted by atomic mass is 16.1. The van der Waals surface area contributed by atoms with Crippen LogP contribution in [0, 0.1) is 0 Å². The van der Waals surface area contributed by atoms with Gasteiger partial charge in [-0.15, -0.1) is 0 Å². The summed E-state index contributed by atoms with van der Waals surface area (Å²) in [5, 5.41) is 0. The number of carbonyl (C=O) groups is 2. The monoisotopic (exact) mass is 292 g/mol. The van der Waals surface area contributed by atoms with Crippen LogP contribution >= 0.6 is 0 Å². The van der Waals surface area contributed by atoms with Crippen molar-refractivity contribution in [1.82, 2.24) is 0 Å². The van der Waals surface area contributed by atoms with Crippen LogP contribution < -0.4 is 0 Å². The van der Waals surface area contributed by atoms with Crippen molar-refractivity contribution in [2.24, 2.45) is 0 Å². The molecule has 0 heterocycles. The third kappa shape index (κ3) is 3.84. The highest BCUT2D eigenvalue weighted by Gasteiger charge is 2.14. The van der Waals surface area contributed by atoms with E-state index in [0.717, 1.165) is 5.56 Å². The fourth-order valence-electron chi connectivity index (χ4n) is 2.12. The molecule has 0 aliphatic carbocycles. The van der Waals surface area contributed by atoms with Gasteiger partial charge in [-0.2, -0.15) is 4.79 Å². The Labute approximate surface area is 129 Å². The Morgan fingerprint density at radius 2 is 1.68 bits per heavy atom. The predicted molar refractivity (Wildman–Crippen MR) is 83.9 cm³/mol. The summed E-state index contributed by atoms with van der Waals surface area (Å²) in [6, 6.07) is 16.3. The highest BCUT2D eigenvalue weighted by Crippen LogP contribution is 2.13. The van der Waals surface area contributed by atoms with Crippen LogP contribution in [0.25, 0.3) is 5.53 Å². The van der Waals surface area contributed by atoms with E-state index in [-0.39, 0.29) is 23.7 Å². The predicted octanol–water partition coefficient (Wildman–Crippen LogP) is 3.11. The van der Waals surface area contributed by atoms with Gasteiger partial charge >= 0.3 is 5.71 Å². The first kappa shape index (κ1) is 15.5. The molecule has 4 heteroatoms. The van der Waals surface area contributed by atoms with E-state index in [1.54, 1.807) is 24.3 Å². The summed E-state index contributed by atoms with van der Waals surface area (Å²) >= 11 is 0. The summed E-state index contributed by atoms with van der Waals surface area (Å²) < 4.78 is 0. The first-order chi connectivity index (χ1) is 10.6. The molecule has 0 unspecified atom stereocenters. The first-order valence-electron chi connectivity index (χ1n) is 7.02. The van der Waals surface area contributed by atoms with Gasteiger partial charge < -0.3 is 5.53 Å². The summed E-state index contributed by atoms with van der Waals surface area (Å²) in [6.07, 6.45) is 0.750.